The topological polar surface area (TPSA) is 54.4 Å². The Morgan fingerprint density at radius 3 is 2.75 bits per heavy atom. The third-order valence-electron chi connectivity index (χ3n) is 3.28. The van der Waals surface area contributed by atoms with Crippen LogP contribution in [0.3, 0.4) is 0 Å². The standard InChI is InChI=1S/C9H12O3/c10-8-4-3-5-6(8)1-2-7(5)9(11)12/h5-7H,1-4H2,(H,11,12)/t5-,6-,7?/m0/s1. The average Bonchev–Trinajstić information content (AvgIpc) is 2.53. The highest BCUT2D eigenvalue weighted by Crippen LogP contribution is 2.45. The van der Waals surface area contributed by atoms with Crippen molar-refractivity contribution in [2.45, 2.75) is 25.7 Å². The van der Waals surface area contributed by atoms with Gasteiger partial charge in [-0.15, -0.1) is 0 Å². The fourth-order valence-corrected chi connectivity index (χ4v) is 2.67. The number of Topliss-reactive ketones (excluding diaryl/α,β-unsaturated/α-hetero) is 1. The number of carboxylic acids is 1. The SMILES string of the molecule is O=C(O)C1CC[C@@H]2C(=O)CC[C@H]12. The number of aliphatic carboxylic acids is 1. The first kappa shape index (κ1) is 7.77. The fraction of sp³-hybridized carbons (Fsp3) is 0.778. The van der Waals surface area contributed by atoms with Crippen molar-refractivity contribution in [3.63, 3.8) is 0 Å². The lowest BCUT2D eigenvalue weighted by molar-refractivity contribution is -0.143. The molecule has 0 aliphatic heterocycles. The van der Waals surface area contributed by atoms with E-state index in [2.05, 4.69) is 0 Å². The van der Waals surface area contributed by atoms with Gasteiger partial charge in [-0.25, -0.2) is 0 Å². The summed E-state index contributed by atoms with van der Waals surface area (Å²) in [5.41, 5.74) is 0. The summed E-state index contributed by atoms with van der Waals surface area (Å²) in [6, 6.07) is 0. The Labute approximate surface area is 70.8 Å². The van der Waals surface area contributed by atoms with Gasteiger partial charge in [0.25, 0.3) is 0 Å². The lowest BCUT2D eigenvalue weighted by atomic mass is 9.92. The number of carboxylic acid groups (broad SMARTS) is 1. The molecule has 2 fully saturated rings. The van der Waals surface area contributed by atoms with Crippen LogP contribution in [0, 0.1) is 17.8 Å². The summed E-state index contributed by atoms with van der Waals surface area (Å²) in [5.74, 6) is -0.400. The Morgan fingerprint density at radius 1 is 1.33 bits per heavy atom. The maximum absolute atomic E-state index is 11.2. The summed E-state index contributed by atoms with van der Waals surface area (Å²) in [4.78, 5) is 22.0. The van der Waals surface area contributed by atoms with E-state index >= 15 is 0 Å². The zero-order chi connectivity index (χ0) is 8.72. The van der Waals surface area contributed by atoms with Crippen molar-refractivity contribution in [2.75, 3.05) is 0 Å². The smallest absolute Gasteiger partial charge is 0.306 e. The molecule has 2 rings (SSSR count). The Balaban J connectivity index is 2.15. The summed E-state index contributed by atoms with van der Waals surface area (Å²) in [6.07, 6.45) is 2.93. The van der Waals surface area contributed by atoms with E-state index in [1.807, 2.05) is 0 Å². The molecule has 0 radical (unpaired) electrons. The van der Waals surface area contributed by atoms with Gasteiger partial charge in [-0.1, -0.05) is 0 Å². The molecule has 0 aromatic carbocycles. The molecule has 0 amide bonds. The van der Waals surface area contributed by atoms with Crippen LogP contribution < -0.4 is 0 Å². The monoisotopic (exact) mass is 168 g/mol. The number of ketones is 1. The van der Waals surface area contributed by atoms with Crippen molar-refractivity contribution in [3.8, 4) is 0 Å². The van der Waals surface area contributed by atoms with Gasteiger partial charge in [0.1, 0.15) is 5.78 Å². The van der Waals surface area contributed by atoms with Crippen molar-refractivity contribution in [2.24, 2.45) is 17.8 Å². The summed E-state index contributed by atoms with van der Waals surface area (Å²) >= 11 is 0. The van der Waals surface area contributed by atoms with E-state index in [0.29, 0.717) is 18.6 Å². The van der Waals surface area contributed by atoms with E-state index in [4.69, 9.17) is 5.11 Å². The summed E-state index contributed by atoms with van der Waals surface area (Å²) < 4.78 is 0. The molecule has 0 saturated heterocycles. The third kappa shape index (κ3) is 0.958. The molecule has 2 saturated carbocycles. The lowest BCUT2D eigenvalue weighted by Crippen LogP contribution is -2.19. The second-order valence-corrected chi connectivity index (χ2v) is 3.80. The molecule has 0 aromatic heterocycles. The van der Waals surface area contributed by atoms with Crippen molar-refractivity contribution in [1.82, 2.24) is 0 Å². The molecule has 3 heteroatoms. The van der Waals surface area contributed by atoms with Gasteiger partial charge in [-0.3, -0.25) is 9.59 Å². The molecule has 0 heterocycles. The highest BCUT2D eigenvalue weighted by atomic mass is 16.4. The molecule has 0 spiro atoms. The van der Waals surface area contributed by atoms with Crippen LogP contribution in [0.4, 0.5) is 0 Å². The van der Waals surface area contributed by atoms with Crippen LogP contribution in [0.5, 0.6) is 0 Å². The Morgan fingerprint density at radius 2 is 2.08 bits per heavy atom. The first-order chi connectivity index (χ1) is 5.70. The maximum Gasteiger partial charge on any atom is 0.306 e. The minimum atomic E-state index is -0.711. The first-order valence-electron chi connectivity index (χ1n) is 4.45. The van der Waals surface area contributed by atoms with Crippen LogP contribution in [0.2, 0.25) is 0 Å². The molecule has 3 atom stereocenters. The van der Waals surface area contributed by atoms with Crippen LogP contribution in [0.25, 0.3) is 0 Å². The Hall–Kier alpha value is -0.860. The number of rotatable bonds is 1. The quantitative estimate of drug-likeness (QED) is 0.637. The van der Waals surface area contributed by atoms with E-state index in [1.165, 1.54) is 0 Å². The average molecular weight is 168 g/mol. The first-order valence-corrected chi connectivity index (χ1v) is 4.45. The van der Waals surface area contributed by atoms with Crippen LogP contribution in [0.15, 0.2) is 0 Å². The molecule has 2 aliphatic carbocycles. The largest absolute Gasteiger partial charge is 0.481 e. The predicted octanol–water partition coefficient (Wildman–Crippen LogP) is 1.08. The Kier molecular flexibility index (Phi) is 1.67. The molecule has 1 N–H and O–H groups in total. The number of carbonyl (C=O) groups is 2. The highest BCUT2D eigenvalue weighted by molar-refractivity contribution is 5.85. The minimum absolute atomic E-state index is 0.0890. The van der Waals surface area contributed by atoms with Gasteiger partial charge in [0.2, 0.25) is 0 Å². The molecule has 12 heavy (non-hydrogen) atoms. The van der Waals surface area contributed by atoms with Gasteiger partial charge in [-0.05, 0) is 25.2 Å². The second kappa shape index (κ2) is 2.57. The van der Waals surface area contributed by atoms with Crippen molar-refractivity contribution < 1.29 is 14.7 Å². The maximum atomic E-state index is 11.2. The summed E-state index contributed by atoms with van der Waals surface area (Å²) in [6.45, 7) is 0. The molecule has 0 bridgehead atoms. The molecule has 0 aromatic rings. The van der Waals surface area contributed by atoms with Crippen LogP contribution in [-0.4, -0.2) is 16.9 Å². The Bertz CT molecular complexity index is 234. The molecule has 3 nitrogen and oxygen atoms in total. The predicted molar refractivity (Wildman–Crippen MR) is 41.6 cm³/mol. The zero-order valence-corrected chi connectivity index (χ0v) is 6.82. The fourth-order valence-electron chi connectivity index (χ4n) is 2.67. The van der Waals surface area contributed by atoms with Gasteiger partial charge in [0, 0.05) is 12.3 Å². The summed E-state index contributed by atoms with van der Waals surface area (Å²) in [7, 11) is 0. The third-order valence-corrected chi connectivity index (χ3v) is 3.28. The van der Waals surface area contributed by atoms with E-state index in [9.17, 15) is 9.59 Å². The molecular weight excluding hydrogens is 156 g/mol. The van der Waals surface area contributed by atoms with E-state index in [0.717, 1.165) is 12.8 Å². The van der Waals surface area contributed by atoms with E-state index < -0.39 is 5.97 Å². The van der Waals surface area contributed by atoms with Crippen molar-refractivity contribution >= 4 is 11.8 Å². The van der Waals surface area contributed by atoms with Crippen LogP contribution >= 0.6 is 0 Å². The number of hydrogen-bond acceptors (Lipinski definition) is 2. The van der Waals surface area contributed by atoms with Crippen LogP contribution in [0.1, 0.15) is 25.7 Å². The number of carbonyl (C=O) groups excluding carboxylic acids is 1. The van der Waals surface area contributed by atoms with Crippen molar-refractivity contribution in [1.29, 1.82) is 0 Å². The number of fused-ring (bicyclic) bond motifs is 1. The second-order valence-electron chi connectivity index (χ2n) is 3.80. The lowest BCUT2D eigenvalue weighted by Gasteiger charge is -2.11. The van der Waals surface area contributed by atoms with Crippen LogP contribution in [-0.2, 0) is 9.59 Å². The molecule has 2 aliphatic rings. The summed E-state index contributed by atoms with van der Waals surface area (Å²) in [5, 5.41) is 8.84. The van der Waals surface area contributed by atoms with Crippen molar-refractivity contribution in [3.05, 3.63) is 0 Å². The molecule has 66 valence electrons. The van der Waals surface area contributed by atoms with Gasteiger partial charge in [0.15, 0.2) is 0 Å². The van der Waals surface area contributed by atoms with E-state index in [1.54, 1.807) is 0 Å². The van der Waals surface area contributed by atoms with E-state index in [-0.39, 0.29) is 17.8 Å². The number of hydrogen-bond donors (Lipinski definition) is 1. The minimum Gasteiger partial charge on any atom is -0.481 e. The molecular formula is C9H12O3. The normalized spacial score (nSPS) is 40.0. The van der Waals surface area contributed by atoms with Gasteiger partial charge in [-0.2, -0.15) is 0 Å². The highest BCUT2D eigenvalue weighted by Gasteiger charge is 2.46. The van der Waals surface area contributed by atoms with Gasteiger partial charge < -0.3 is 5.11 Å². The van der Waals surface area contributed by atoms with Gasteiger partial charge >= 0.3 is 5.97 Å². The zero-order valence-electron chi connectivity index (χ0n) is 6.82. The van der Waals surface area contributed by atoms with Gasteiger partial charge in [0.05, 0.1) is 5.92 Å². The molecule has 1 unspecified atom stereocenters.